The van der Waals surface area contributed by atoms with Crippen LogP contribution in [0.25, 0.3) is 5.57 Å². The van der Waals surface area contributed by atoms with Crippen LogP contribution >= 0.6 is 0 Å². The van der Waals surface area contributed by atoms with Crippen molar-refractivity contribution in [3.05, 3.63) is 47.8 Å². The monoisotopic (exact) mass is 460 g/mol. The van der Waals surface area contributed by atoms with Crippen molar-refractivity contribution in [2.75, 3.05) is 13.1 Å². The lowest BCUT2D eigenvalue weighted by molar-refractivity contribution is -0.157. The molecule has 34 heavy (non-hydrogen) atoms. The van der Waals surface area contributed by atoms with Gasteiger partial charge in [-0.25, -0.2) is 0 Å². The normalized spacial score (nSPS) is 39.8. The van der Waals surface area contributed by atoms with Crippen LogP contribution in [-0.4, -0.2) is 30.1 Å². The first-order valence-electron chi connectivity index (χ1n) is 13.7. The molecule has 2 heterocycles. The molecule has 4 heteroatoms. The molecule has 0 aromatic carbocycles. The van der Waals surface area contributed by atoms with Gasteiger partial charge in [-0.3, -0.25) is 9.78 Å². The van der Waals surface area contributed by atoms with Crippen LogP contribution in [0.15, 0.2) is 42.3 Å². The number of carbonyl (C=O) groups is 1. The fourth-order valence-electron chi connectivity index (χ4n) is 8.58. The molecular weight excluding hydrogens is 420 g/mol. The zero-order valence-corrected chi connectivity index (χ0v) is 20.9. The molecule has 1 aromatic rings. The van der Waals surface area contributed by atoms with Gasteiger partial charge in [-0.15, -0.1) is 0 Å². The second-order valence-electron chi connectivity index (χ2n) is 12.1. The highest BCUT2D eigenvalue weighted by Crippen LogP contribution is 2.66. The van der Waals surface area contributed by atoms with Gasteiger partial charge in [0.05, 0.1) is 5.92 Å². The van der Waals surface area contributed by atoms with Gasteiger partial charge in [0.2, 0.25) is 0 Å². The molecule has 3 fully saturated rings. The summed E-state index contributed by atoms with van der Waals surface area (Å²) in [5, 5.41) is 3.35. The molecule has 6 rings (SSSR count). The number of piperidine rings is 1. The van der Waals surface area contributed by atoms with Crippen LogP contribution in [0, 0.1) is 34.5 Å². The number of aromatic nitrogens is 1. The van der Waals surface area contributed by atoms with Gasteiger partial charge < -0.3 is 10.1 Å². The topological polar surface area (TPSA) is 51.2 Å². The molecule has 4 aliphatic carbocycles. The smallest absolute Gasteiger partial charge is 0.309 e. The van der Waals surface area contributed by atoms with E-state index in [1.807, 2.05) is 6.20 Å². The van der Waals surface area contributed by atoms with Crippen LogP contribution in [0.5, 0.6) is 0 Å². The van der Waals surface area contributed by atoms with E-state index in [9.17, 15) is 4.79 Å². The second-order valence-corrected chi connectivity index (χ2v) is 12.1. The SMILES string of the molecule is C[C@]12CC[C@H](OC(=O)C3CCNCC3)CC1=CC[C@@H]1[C@@H]2CC[C@]2(C)C(c3cccnc3)=CC[C@@H]12. The number of pyridine rings is 1. The fourth-order valence-corrected chi connectivity index (χ4v) is 8.58. The molecule has 1 aromatic heterocycles. The molecule has 0 amide bonds. The number of fused-ring (bicyclic) bond motifs is 5. The van der Waals surface area contributed by atoms with E-state index in [1.165, 1.54) is 36.8 Å². The van der Waals surface area contributed by atoms with Crippen LogP contribution in [-0.2, 0) is 9.53 Å². The zero-order valence-electron chi connectivity index (χ0n) is 20.9. The predicted octanol–water partition coefficient (Wildman–Crippen LogP) is 5.95. The second kappa shape index (κ2) is 8.62. The van der Waals surface area contributed by atoms with Gasteiger partial charge in [0.15, 0.2) is 0 Å². The lowest BCUT2D eigenvalue weighted by Gasteiger charge is -2.58. The summed E-state index contributed by atoms with van der Waals surface area (Å²) in [6.07, 6.45) is 19.1. The first-order chi connectivity index (χ1) is 16.5. The Hall–Kier alpha value is -1.94. The highest BCUT2D eigenvalue weighted by atomic mass is 16.5. The van der Waals surface area contributed by atoms with E-state index in [2.05, 4.69) is 54.6 Å². The van der Waals surface area contributed by atoms with Crippen molar-refractivity contribution in [1.82, 2.24) is 10.3 Å². The highest BCUT2D eigenvalue weighted by Gasteiger charge is 2.57. The number of ether oxygens (including phenoxy) is 1. The summed E-state index contributed by atoms with van der Waals surface area (Å²) in [5.41, 5.74) is 5.00. The van der Waals surface area contributed by atoms with Gasteiger partial charge in [-0.2, -0.15) is 0 Å². The minimum absolute atomic E-state index is 0.0535. The summed E-state index contributed by atoms with van der Waals surface area (Å²) < 4.78 is 6.09. The van der Waals surface area contributed by atoms with Crippen molar-refractivity contribution >= 4 is 11.5 Å². The van der Waals surface area contributed by atoms with E-state index in [1.54, 1.807) is 5.57 Å². The van der Waals surface area contributed by atoms with Crippen LogP contribution in [0.4, 0.5) is 0 Å². The van der Waals surface area contributed by atoms with Crippen molar-refractivity contribution in [1.29, 1.82) is 0 Å². The third kappa shape index (κ3) is 3.59. The molecule has 182 valence electrons. The molecular formula is C30H40N2O2. The summed E-state index contributed by atoms with van der Waals surface area (Å²) in [4.78, 5) is 17.2. The Morgan fingerprint density at radius 2 is 1.85 bits per heavy atom. The standard InChI is InChI=1S/C30H40N2O2/c1-29-13-9-23(34-28(33)20-11-16-31-17-12-20)18-22(29)5-6-24-26-8-7-25(21-4-3-15-32-19-21)30(26,2)14-10-27(24)29/h3-5,7,15,19-20,23-24,26-27,31H,6,8-14,16-18H2,1-2H3/t23-,24-,26-,27-,29-,30+/m0/s1. The summed E-state index contributed by atoms with van der Waals surface area (Å²) in [6.45, 7) is 6.94. The lowest BCUT2D eigenvalue weighted by atomic mass is 9.47. The van der Waals surface area contributed by atoms with Gasteiger partial charge in [-0.1, -0.05) is 37.6 Å². The maximum Gasteiger partial charge on any atom is 0.309 e. The van der Waals surface area contributed by atoms with E-state index in [4.69, 9.17) is 4.74 Å². The number of nitrogens with one attached hydrogen (secondary N) is 1. The summed E-state index contributed by atoms with van der Waals surface area (Å²) in [5.74, 6) is 2.39. The highest BCUT2D eigenvalue weighted by molar-refractivity contribution is 5.73. The summed E-state index contributed by atoms with van der Waals surface area (Å²) in [6, 6.07) is 4.32. The zero-order chi connectivity index (χ0) is 23.3. The largest absolute Gasteiger partial charge is 0.462 e. The van der Waals surface area contributed by atoms with Gasteiger partial charge in [0.25, 0.3) is 0 Å². The first-order valence-corrected chi connectivity index (χ1v) is 13.7. The molecule has 2 saturated carbocycles. The Labute approximate surface area is 204 Å². The van der Waals surface area contributed by atoms with Crippen LogP contribution in [0.2, 0.25) is 0 Å². The molecule has 5 aliphatic rings. The van der Waals surface area contributed by atoms with Gasteiger partial charge >= 0.3 is 5.97 Å². The van der Waals surface area contributed by atoms with E-state index >= 15 is 0 Å². The first kappa shape index (κ1) is 22.5. The molecule has 0 bridgehead atoms. The average Bonchev–Trinajstić information content (AvgIpc) is 3.22. The number of esters is 1. The quantitative estimate of drug-likeness (QED) is 0.447. The maximum atomic E-state index is 12.8. The molecule has 1 aliphatic heterocycles. The van der Waals surface area contributed by atoms with E-state index < -0.39 is 0 Å². The number of rotatable bonds is 3. The molecule has 0 radical (unpaired) electrons. The fraction of sp³-hybridized carbons (Fsp3) is 0.667. The van der Waals surface area contributed by atoms with Crippen LogP contribution < -0.4 is 5.32 Å². The number of nitrogens with zero attached hydrogens (tertiary/aromatic N) is 1. The van der Waals surface area contributed by atoms with Crippen LogP contribution in [0.3, 0.4) is 0 Å². The number of hydrogen-bond acceptors (Lipinski definition) is 4. The van der Waals surface area contributed by atoms with E-state index in [0.29, 0.717) is 0 Å². The van der Waals surface area contributed by atoms with Gasteiger partial charge in [-0.05, 0) is 110 Å². The van der Waals surface area contributed by atoms with Gasteiger partial charge in [0.1, 0.15) is 6.10 Å². The Morgan fingerprint density at radius 3 is 2.65 bits per heavy atom. The van der Waals surface area contributed by atoms with E-state index in [-0.39, 0.29) is 28.8 Å². The maximum absolute atomic E-state index is 12.8. The van der Waals surface area contributed by atoms with Crippen molar-refractivity contribution in [3.8, 4) is 0 Å². The van der Waals surface area contributed by atoms with Crippen molar-refractivity contribution in [2.24, 2.45) is 34.5 Å². The van der Waals surface area contributed by atoms with E-state index in [0.717, 1.165) is 62.9 Å². The molecule has 4 nitrogen and oxygen atoms in total. The Bertz CT molecular complexity index is 994. The predicted molar refractivity (Wildman–Crippen MR) is 135 cm³/mol. The lowest BCUT2D eigenvalue weighted by Crippen LogP contribution is -2.50. The van der Waals surface area contributed by atoms with Crippen molar-refractivity contribution in [3.63, 3.8) is 0 Å². The molecule has 0 unspecified atom stereocenters. The minimum atomic E-state index is 0.0535. The molecule has 0 spiro atoms. The molecule has 6 atom stereocenters. The van der Waals surface area contributed by atoms with Gasteiger partial charge in [0, 0.05) is 18.8 Å². The Balaban J connectivity index is 1.17. The van der Waals surface area contributed by atoms with Crippen molar-refractivity contribution in [2.45, 2.75) is 77.7 Å². The third-order valence-corrected chi connectivity index (χ3v) is 10.6. The number of hydrogen-bond donors (Lipinski definition) is 1. The average molecular weight is 461 g/mol. The third-order valence-electron chi connectivity index (χ3n) is 10.6. The number of carbonyl (C=O) groups excluding carboxylic acids is 1. The molecule has 1 N–H and O–H groups in total. The Kier molecular flexibility index (Phi) is 5.71. The van der Waals surface area contributed by atoms with Crippen LogP contribution in [0.1, 0.15) is 77.2 Å². The Morgan fingerprint density at radius 1 is 1.03 bits per heavy atom. The minimum Gasteiger partial charge on any atom is -0.462 e. The summed E-state index contributed by atoms with van der Waals surface area (Å²) in [7, 11) is 0. The summed E-state index contributed by atoms with van der Waals surface area (Å²) >= 11 is 0. The number of allylic oxidation sites excluding steroid dienone is 3. The molecule has 1 saturated heterocycles. The van der Waals surface area contributed by atoms with Crippen molar-refractivity contribution < 1.29 is 9.53 Å².